The minimum absolute atomic E-state index is 0.0353. The van der Waals surface area contributed by atoms with Crippen molar-refractivity contribution < 1.29 is 13.9 Å². The molecule has 154 valence electrons. The Bertz CT molecular complexity index is 1010. The van der Waals surface area contributed by atoms with Crippen molar-refractivity contribution in [3.63, 3.8) is 0 Å². The molecule has 0 aliphatic carbocycles. The number of benzene rings is 3. The zero-order valence-electron chi connectivity index (χ0n) is 17.0. The number of carbonyl (C=O) groups excluding carboxylic acids is 1. The van der Waals surface area contributed by atoms with Gasteiger partial charge in [0.05, 0.1) is 18.2 Å². The van der Waals surface area contributed by atoms with Crippen LogP contribution < -0.4 is 15.0 Å². The zero-order valence-corrected chi connectivity index (χ0v) is 17.0. The zero-order chi connectivity index (χ0) is 20.9. The summed E-state index contributed by atoms with van der Waals surface area (Å²) in [5.74, 6) is 0.151. The van der Waals surface area contributed by atoms with Crippen molar-refractivity contribution in [1.82, 2.24) is 5.32 Å². The first-order valence-corrected chi connectivity index (χ1v) is 10.1. The van der Waals surface area contributed by atoms with Crippen LogP contribution in [0.3, 0.4) is 0 Å². The number of aryl methyl sites for hydroxylation is 1. The molecule has 3 aromatic carbocycles. The first-order chi connectivity index (χ1) is 14.6. The van der Waals surface area contributed by atoms with Gasteiger partial charge in [0.2, 0.25) is 5.91 Å². The van der Waals surface area contributed by atoms with E-state index in [-0.39, 0.29) is 17.8 Å². The summed E-state index contributed by atoms with van der Waals surface area (Å²) in [5, 5.41) is 2.99. The van der Waals surface area contributed by atoms with Gasteiger partial charge in [-0.05, 0) is 30.2 Å². The van der Waals surface area contributed by atoms with Crippen LogP contribution in [0, 0.1) is 12.7 Å². The highest BCUT2D eigenvalue weighted by Crippen LogP contribution is 2.36. The van der Waals surface area contributed by atoms with Crippen molar-refractivity contribution in [2.45, 2.75) is 32.5 Å². The fourth-order valence-electron chi connectivity index (χ4n) is 3.67. The van der Waals surface area contributed by atoms with E-state index in [9.17, 15) is 9.18 Å². The Hall–Kier alpha value is -3.34. The Balaban J connectivity index is 1.50. The van der Waals surface area contributed by atoms with E-state index in [0.717, 1.165) is 16.8 Å². The van der Waals surface area contributed by atoms with Crippen molar-refractivity contribution in [3.05, 3.63) is 95.3 Å². The largest absolute Gasteiger partial charge is 0.489 e. The van der Waals surface area contributed by atoms with Crippen LogP contribution in [-0.2, 0) is 17.9 Å². The average Bonchev–Trinajstić information content (AvgIpc) is 2.76. The minimum Gasteiger partial charge on any atom is -0.489 e. The third-order valence-electron chi connectivity index (χ3n) is 5.33. The van der Waals surface area contributed by atoms with E-state index in [1.807, 2.05) is 30.3 Å². The number of fused-ring (bicyclic) bond motifs is 1. The van der Waals surface area contributed by atoms with Crippen molar-refractivity contribution in [3.8, 4) is 5.75 Å². The lowest BCUT2D eigenvalue weighted by Crippen LogP contribution is -2.45. The molecule has 1 heterocycles. The second kappa shape index (κ2) is 8.99. The van der Waals surface area contributed by atoms with Gasteiger partial charge >= 0.3 is 0 Å². The maximum atomic E-state index is 13.7. The van der Waals surface area contributed by atoms with Gasteiger partial charge in [0.15, 0.2) is 0 Å². The molecule has 3 aromatic rings. The third kappa shape index (κ3) is 4.79. The minimum atomic E-state index is -0.330. The molecule has 0 spiro atoms. The maximum Gasteiger partial charge on any atom is 0.222 e. The summed E-state index contributed by atoms with van der Waals surface area (Å²) in [5.41, 5.74) is 4.19. The normalized spacial score (nSPS) is 15.3. The number of ether oxygens (including phenoxy) is 1. The average molecular weight is 404 g/mol. The summed E-state index contributed by atoms with van der Waals surface area (Å²) in [6.45, 7) is 3.50. The molecular formula is C25H25FN2O2. The highest BCUT2D eigenvalue weighted by Gasteiger charge is 2.29. The van der Waals surface area contributed by atoms with Crippen LogP contribution in [0.4, 0.5) is 10.1 Å². The fourth-order valence-corrected chi connectivity index (χ4v) is 3.67. The molecule has 0 radical (unpaired) electrons. The van der Waals surface area contributed by atoms with Crippen molar-refractivity contribution in [1.29, 1.82) is 0 Å². The molecule has 4 nitrogen and oxygen atoms in total. The molecule has 30 heavy (non-hydrogen) atoms. The predicted molar refractivity (Wildman–Crippen MR) is 116 cm³/mol. The molecule has 0 saturated carbocycles. The Morgan fingerprint density at radius 3 is 2.60 bits per heavy atom. The monoisotopic (exact) mass is 404 g/mol. The Morgan fingerprint density at radius 1 is 1.07 bits per heavy atom. The lowest BCUT2D eigenvalue weighted by molar-refractivity contribution is -0.121. The van der Waals surface area contributed by atoms with E-state index in [1.165, 1.54) is 17.7 Å². The summed E-state index contributed by atoms with van der Waals surface area (Å²) in [6, 6.07) is 22.6. The molecule has 4 rings (SSSR count). The standard InChI is InChI=1S/C25H25FN2O2/c1-18-7-9-20(10-8-18)16-28-22(17-30-24-13-21(26)11-12-23(24)28)14-25(29)27-15-19-5-3-2-4-6-19/h2-13,22H,14-17H2,1H3,(H,27,29). The fraction of sp³-hybridized carbons (Fsp3) is 0.240. The van der Waals surface area contributed by atoms with E-state index >= 15 is 0 Å². The summed E-state index contributed by atoms with van der Waals surface area (Å²) >= 11 is 0. The van der Waals surface area contributed by atoms with E-state index in [4.69, 9.17) is 4.74 Å². The second-order valence-corrected chi connectivity index (χ2v) is 7.66. The Morgan fingerprint density at radius 2 is 1.83 bits per heavy atom. The molecule has 1 aliphatic heterocycles. The maximum absolute atomic E-state index is 13.7. The molecule has 0 saturated heterocycles. The van der Waals surface area contributed by atoms with Gasteiger partial charge in [-0.15, -0.1) is 0 Å². The molecule has 1 atom stereocenters. The summed E-state index contributed by atoms with van der Waals surface area (Å²) in [4.78, 5) is 14.8. The van der Waals surface area contributed by atoms with Crippen LogP contribution in [0.15, 0.2) is 72.8 Å². The van der Waals surface area contributed by atoms with Gasteiger partial charge in [0, 0.05) is 19.2 Å². The second-order valence-electron chi connectivity index (χ2n) is 7.66. The third-order valence-corrected chi connectivity index (χ3v) is 5.33. The molecule has 0 fully saturated rings. The van der Waals surface area contributed by atoms with E-state index in [0.29, 0.717) is 31.9 Å². The van der Waals surface area contributed by atoms with Crippen LogP contribution in [0.2, 0.25) is 0 Å². The highest BCUT2D eigenvalue weighted by molar-refractivity contribution is 5.77. The lowest BCUT2D eigenvalue weighted by atomic mass is 10.1. The smallest absolute Gasteiger partial charge is 0.222 e. The first-order valence-electron chi connectivity index (χ1n) is 10.1. The van der Waals surface area contributed by atoms with Gasteiger partial charge in [0.1, 0.15) is 18.2 Å². The van der Waals surface area contributed by atoms with Gasteiger partial charge in [-0.1, -0.05) is 60.2 Å². The first kappa shape index (κ1) is 20.0. The summed E-state index contributed by atoms with van der Waals surface area (Å²) in [6.07, 6.45) is 0.301. The number of halogens is 1. The molecular weight excluding hydrogens is 379 g/mol. The predicted octanol–water partition coefficient (Wildman–Crippen LogP) is 4.61. The van der Waals surface area contributed by atoms with Crippen molar-refractivity contribution in [2.24, 2.45) is 0 Å². The summed E-state index contributed by atoms with van der Waals surface area (Å²) in [7, 11) is 0. The molecule has 5 heteroatoms. The van der Waals surface area contributed by atoms with Gasteiger partial charge in [-0.3, -0.25) is 4.79 Å². The van der Waals surface area contributed by atoms with Gasteiger partial charge in [-0.25, -0.2) is 4.39 Å². The number of amides is 1. The van der Waals surface area contributed by atoms with Crippen LogP contribution in [0.5, 0.6) is 5.75 Å². The van der Waals surface area contributed by atoms with Gasteiger partial charge in [0.25, 0.3) is 0 Å². The molecule has 1 unspecified atom stereocenters. The topological polar surface area (TPSA) is 41.6 Å². The van der Waals surface area contributed by atoms with Gasteiger partial charge in [-0.2, -0.15) is 0 Å². The molecule has 1 amide bonds. The number of hydrogen-bond acceptors (Lipinski definition) is 3. The Labute approximate surface area is 176 Å². The number of nitrogens with one attached hydrogen (secondary N) is 1. The molecule has 0 aromatic heterocycles. The van der Waals surface area contributed by atoms with Crippen molar-refractivity contribution in [2.75, 3.05) is 11.5 Å². The number of carbonyl (C=O) groups is 1. The van der Waals surface area contributed by atoms with Crippen LogP contribution in [-0.4, -0.2) is 18.6 Å². The number of anilines is 1. The van der Waals surface area contributed by atoms with Crippen LogP contribution >= 0.6 is 0 Å². The van der Waals surface area contributed by atoms with E-state index in [2.05, 4.69) is 41.4 Å². The molecule has 1 N–H and O–H groups in total. The van der Waals surface area contributed by atoms with Crippen molar-refractivity contribution >= 4 is 11.6 Å². The highest BCUT2D eigenvalue weighted by atomic mass is 19.1. The molecule has 1 aliphatic rings. The number of hydrogen-bond donors (Lipinski definition) is 1. The number of rotatable bonds is 6. The van der Waals surface area contributed by atoms with Crippen LogP contribution in [0.25, 0.3) is 0 Å². The molecule has 0 bridgehead atoms. The van der Waals surface area contributed by atoms with E-state index in [1.54, 1.807) is 6.07 Å². The van der Waals surface area contributed by atoms with Crippen LogP contribution in [0.1, 0.15) is 23.1 Å². The Kier molecular flexibility index (Phi) is 5.98. The van der Waals surface area contributed by atoms with E-state index < -0.39 is 0 Å². The van der Waals surface area contributed by atoms with Gasteiger partial charge < -0.3 is 15.0 Å². The quantitative estimate of drug-likeness (QED) is 0.652. The number of nitrogens with zero attached hydrogens (tertiary/aromatic N) is 1. The summed E-state index contributed by atoms with van der Waals surface area (Å²) < 4.78 is 19.5. The lowest BCUT2D eigenvalue weighted by Gasteiger charge is -2.38. The SMILES string of the molecule is Cc1ccc(CN2c3ccc(F)cc3OCC2CC(=O)NCc2ccccc2)cc1.